The summed E-state index contributed by atoms with van der Waals surface area (Å²) in [6.07, 6.45) is 0. The lowest BCUT2D eigenvalue weighted by atomic mass is 9.84. The standard InChI is InChI=1S/C56H32OS/c1-2-12-41-33(10-1)11-9-18-43(41)56-46-16-5-3-14-44(46)55(45-15-4-6-17-47(45)56)39-25-24-35-26-34(20-21-36(35)27-39)37-22-23-38-29-49-50-31-48-42-13-7-8-19-51(42)57-52(48)32-54(50)58-53(49)30-40(38)28-37/h1-32H. The molecule has 0 saturated heterocycles. The zero-order chi connectivity index (χ0) is 37.9. The van der Waals surface area contributed by atoms with Gasteiger partial charge in [-0.25, -0.2) is 0 Å². The van der Waals surface area contributed by atoms with Crippen molar-refractivity contribution in [2.75, 3.05) is 0 Å². The zero-order valence-electron chi connectivity index (χ0n) is 31.3. The molecule has 13 rings (SSSR count). The first-order chi connectivity index (χ1) is 28.7. The molecule has 0 aliphatic carbocycles. The van der Waals surface area contributed by atoms with Crippen molar-refractivity contribution in [3.05, 3.63) is 194 Å². The van der Waals surface area contributed by atoms with Crippen LogP contribution in [0.15, 0.2) is 199 Å². The molecule has 0 unspecified atom stereocenters. The number of thiophene rings is 1. The van der Waals surface area contributed by atoms with Crippen molar-refractivity contribution in [3.8, 4) is 33.4 Å². The first-order valence-corrected chi connectivity index (χ1v) is 20.7. The summed E-state index contributed by atoms with van der Waals surface area (Å²) in [6.45, 7) is 0. The van der Waals surface area contributed by atoms with E-state index in [0.717, 1.165) is 11.2 Å². The van der Waals surface area contributed by atoms with Gasteiger partial charge >= 0.3 is 0 Å². The zero-order valence-corrected chi connectivity index (χ0v) is 32.1. The number of benzene rings is 11. The predicted octanol–water partition coefficient (Wildman–Crippen LogP) is 16.7. The molecule has 0 saturated carbocycles. The Hall–Kier alpha value is -7.26. The summed E-state index contributed by atoms with van der Waals surface area (Å²) in [5.74, 6) is 0. The van der Waals surface area contributed by atoms with Crippen molar-refractivity contribution in [1.82, 2.24) is 0 Å². The average molecular weight is 753 g/mol. The maximum absolute atomic E-state index is 6.23. The molecule has 13 aromatic rings. The third-order valence-corrected chi connectivity index (χ3v) is 13.5. The molecular weight excluding hydrogens is 721 g/mol. The highest BCUT2D eigenvalue weighted by atomic mass is 32.1. The average Bonchev–Trinajstić information content (AvgIpc) is 3.82. The number of rotatable bonds is 3. The largest absolute Gasteiger partial charge is 0.456 e. The lowest BCUT2D eigenvalue weighted by Crippen LogP contribution is -1.91. The third kappa shape index (κ3) is 4.70. The summed E-state index contributed by atoms with van der Waals surface area (Å²) >= 11 is 1.85. The summed E-state index contributed by atoms with van der Waals surface area (Å²) in [5, 5.41) is 17.5. The Kier molecular flexibility index (Phi) is 6.66. The van der Waals surface area contributed by atoms with E-state index in [4.69, 9.17) is 4.42 Å². The highest BCUT2D eigenvalue weighted by Crippen LogP contribution is 2.46. The van der Waals surface area contributed by atoms with Crippen LogP contribution in [0.3, 0.4) is 0 Å². The van der Waals surface area contributed by atoms with Crippen molar-refractivity contribution < 1.29 is 4.42 Å². The fourth-order valence-corrected chi connectivity index (χ4v) is 10.8. The van der Waals surface area contributed by atoms with Gasteiger partial charge in [0.2, 0.25) is 0 Å². The van der Waals surface area contributed by atoms with Gasteiger partial charge in [-0.3, -0.25) is 0 Å². The van der Waals surface area contributed by atoms with Gasteiger partial charge in [-0.15, -0.1) is 11.3 Å². The lowest BCUT2D eigenvalue weighted by molar-refractivity contribution is 0.669. The molecule has 0 atom stereocenters. The maximum Gasteiger partial charge on any atom is 0.136 e. The number of fused-ring (bicyclic) bond motifs is 11. The molecule has 0 radical (unpaired) electrons. The van der Waals surface area contributed by atoms with Gasteiger partial charge in [0.15, 0.2) is 0 Å². The van der Waals surface area contributed by atoms with Gasteiger partial charge in [-0.2, -0.15) is 0 Å². The number of hydrogen-bond acceptors (Lipinski definition) is 2. The Balaban J connectivity index is 0.915. The third-order valence-electron chi connectivity index (χ3n) is 12.4. The van der Waals surface area contributed by atoms with E-state index in [1.54, 1.807) is 0 Å². The quantitative estimate of drug-likeness (QED) is 0.164. The van der Waals surface area contributed by atoms with Crippen LogP contribution in [0.25, 0.3) is 129 Å². The minimum absolute atomic E-state index is 0.941. The van der Waals surface area contributed by atoms with E-state index in [0.29, 0.717) is 0 Å². The summed E-state index contributed by atoms with van der Waals surface area (Å²) in [7, 11) is 0. The Morgan fingerprint density at radius 2 is 0.810 bits per heavy atom. The number of para-hydroxylation sites is 1. The summed E-state index contributed by atoms with van der Waals surface area (Å²) < 4.78 is 8.79. The van der Waals surface area contributed by atoms with E-state index in [9.17, 15) is 0 Å². The molecule has 2 heteroatoms. The number of furan rings is 1. The molecular formula is C56H32OS. The highest BCUT2D eigenvalue weighted by molar-refractivity contribution is 7.26. The number of hydrogen-bond donors (Lipinski definition) is 0. The summed E-state index contributed by atoms with van der Waals surface area (Å²) in [5.41, 5.74) is 9.43. The smallest absolute Gasteiger partial charge is 0.136 e. The molecule has 2 heterocycles. The van der Waals surface area contributed by atoms with Crippen molar-refractivity contribution >= 4 is 107 Å². The van der Waals surface area contributed by atoms with Gasteiger partial charge < -0.3 is 4.42 Å². The first-order valence-electron chi connectivity index (χ1n) is 19.9. The maximum atomic E-state index is 6.23. The van der Waals surface area contributed by atoms with Crippen molar-refractivity contribution in [3.63, 3.8) is 0 Å². The van der Waals surface area contributed by atoms with Gasteiger partial charge in [0.25, 0.3) is 0 Å². The van der Waals surface area contributed by atoms with Crippen LogP contribution in [-0.4, -0.2) is 0 Å². The molecule has 0 fully saturated rings. The molecule has 0 spiro atoms. The molecule has 2 aromatic heterocycles. The molecule has 0 N–H and O–H groups in total. The van der Waals surface area contributed by atoms with E-state index in [2.05, 4.69) is 188 Å². The lowest BCUT2D eigenvalue weighted by Gasteiger charge is -2.19. The second-order valence-electron chi connectivity index (χ2n) is 15.6. The first kappa shape index (κ1) is 31.9. The predicted molar refractivity (Wildman–Crippen MR) is 250 cm³/mol. The van der Waals surface area contributed by atoms with Gasteiger partial charge in [0, 0.05) is 30.9 Å². The molecule has 11 aromatic carbocycles. The Morgan fingerprint density at radius 3 is 1.55 bits per heavy atom. The molecule has 0 aliphatic rings. The van der Waals surface area contributed by atoms with Crippen LogP contribution in [0.1, 0.15) is 0 Å². The van der Waals surface area contributed by atoms with Crippen molar-refractivity contribution in [1.29, 1.82) is 0 Å². The van der Waals surface area contributed by atoms with Crippen LogP contribution in [0.4, 0.5) is 0 Å². The van der Waals surface area contributed by atoms with Gasteiger partial charge in [-0.1, -0.05) is 146 Å². The molecule has 0 aliphatic heterocycles. The van der Waals surface area contributed by atoms with E-state index >= 15 is 0 Å². The SMILES string of the molecule is c1ccc2c(-c3c4ccccc4c(-c4ccc5cc(-c6ccc7cc8c(cc7c6)sc6cc7oc9ccccc9c7cc68)ccc5c4)c4ccccc34)cccc2c1. The van der Waals surface area contributed by atoms with Crippen LogP contribution in [0, 0.1) is 0 Å². The minimum atomic E-state index is 0.941. The van der Waals surface area contributed by atoms with E-state index in [1.807, 2.05) is 17.4 Å². The normalized spacial score (nSPS) is 12.1. The van der Waals surface area contributed by atoms with E-state index in [1.165, 1.54) is 118 Å². The van der Waals surface area contributed by atoms with Crippen LogP contribution < -0.4 is 0 Å². The van der Waals surface area contributed by atoms with Crippen LogP contribution in [-0.2, 0) is 0 Å². The van der Waals surface area contributed by atoms with Crippen LogP contribution in [0.2, 0.25) is 0 Å². The van der Waals surface area contributed by atoms with E-state index in [-0.39, 0.29) is 0 Å². The van der Waals surface area contributed by atoms with Crippen molar-refractivity contribution in [2.24, 2.45) is 0 Å². The molecule has 1 nitrogen and oxygen atoms in total. The van der Waals surface area contributed by atoms with Crippen LogP contribution >= 0.6 is 11.3 Å². The van der Waals surface area contributed by atoms with Crippen LogP contribution in [0.5, 0.6) is 0 Å². The van der Waals surface area contributed by atoms with Gasteiger partial charge in [0.1, 0.15) is 11.2 Å². The fourth-order valence-electron chi connectivity index (χ4n) is 9.67. The Bertz CT molecular complexity index is 3800. The monoisotopic (exact) mass is 752 g/mol. The van der Waals surface area contributed by atoms with Gasteiger partial charge in [-0.05, 0) is 136 Å². The Labute approximate surface area is 337 Å². The minimum Gasteiger partial charge on any atom is -0.456 e. The molecule has 58 heavy (non-hydrogen) atoms. The topological polar surface area (TPSA) is 13.1 Å². The van der Waals surface area contributed by atoms with E-state index < -0.39 is 0 Å². The molecule has 268 valence electrons. The highest BCUT2D eigenvalue weighted by Gasteiger charge is 2.19. The van der Waals surface area contributed by atoms with Gasteiger partial charge in [0.05, 0.1) is 0 Å². The van der Waals surface area contributed by atoms with Crippen molar-refractivity contribution in [2.45, 2.75) is 0 Å². The fraction of sp³-hybridized carbons (Fsp3) is 0. The summed E-state index contributed by atoms with van der Waals surface area (Å²) in [4.78, 5) is 0. The second kappa shape index (κ2) is 12.1. The Morgan fingerprint density at radius 1 is 0.276 bits per heavy atom. The summed E-state index contributed by atoms with van der Waals surface area (Å²) in [6, 6.07) is 71.7. The molecule has 0 amide bonds. The second-order valence-corrected chi connectivity index (χ2v) is 16.7. The molecule has 0 bridgehead atoms.